The van der Waals surface area contributed by atoms with Gasteiger partial charge in [-0.3, -0.25) is 4.98 Å². The van der Waals surface area contributed by atoms with E-state index in [4.69, 9.17) is 15.2 Å². The number of nitrogen functional groups attached to an aromatic ring is 1. The van der Waals surface area contributed by atoms with Crippen LogP contribution in [0.25, 0.3) is 11.1 Å². The number of nitrogens with two attached hydrogens (primary N) is 1. The monoisotopic (exact) mass is 513 g/mol. The predicted octanol–water partition coefficient (Wildman–Crippen LogP) is 1.43. The zero-order valence-electron chi connectivity index (χ0n) is 14.0. The summed E-state index contributed by atoms with van der Waals surface area (Å²) in [6, 6.07) is 6.74. The van der Waals surface area contributed by atoms with E-state index in [1.165, 1.54) is 12.4 Å². The maximum Gasteiger partial charge on any atom is 0.359 e. The zero-order chi connectivity index (χ0) is 20.3. The van der Waals surface area contributed by atoms with Gasteiger partial charge in [-0.05, 0) is 33.6 Å². The van der Waals surface area contributed by atoms with Gasteiger partial charge >= 0.3 is 17.7 Å². The number of hydrogen-bond donors (Lipinski definition) is 4. The van der Waals surface area contributed by atoms with Crippen molar-refractivity contribution in [1.29, 1.82) is 0 Å². The summed E-state index contributed by atoms with van der Waals surface area (Å²) < 4.78 is 11.7. The van der Waals surface area contributed by atoms with E-state index in [-0.39, 0.29) is 23.3 Å². The number of rotatable bonds is 6. The molecule has 0 aliphatic heterocycles. The van der Waals surface area contributed by atoms with Crippen molar-refractivity contribution in [3.8, 4) is 23.0 Å². The molecule has 0 bridgehead atoms. The molecule has 0 aliphatic rings. The number of nitrogens with one attached hydrogen (secondary N) is 1. The van der Waals surface area contributed by atoms with E-state index in [2.05, 4.69) is 51.8 Å². The van der Waals surface area contributed by atoms with Crippen LogP contribution in [0.15, 0.2) is 50.4 Å². The summed E-state index contributed by atoms with van der Waals surface area (Å²) >= 11 is 6.48. The molecular formula is C16H13Br2N5O5. The number of H-pyrrole nitrogens is 1. The van der Waals surface area contributed by atoms with Crippen LogP contribution in [0.3, 0.4) is 0 Å². The van der Waals surface area contributed by atoms with Gasteiger partial charge < -0.3 is 25.4 Å². The number of aliphatic hydroxyl groups is 2. The second kappa shape index (κ2) is 8.22. The first-order chi connectivity index (χ1) is 13.2. The summed E-state index contributed by atoms with van der Waals surface area (Å²) in [4.78, 5) is 25.4. The molecule has 3 aromatic rings. The molecule has 3 rings (SSSR count). The highest BCUT2D eigenvalue weighted by atomic mass is 79.9. The molecule has 1 aromatic carbocycles. The number of benzene rings is 1. The van der Waals surface area contributed by atoms with Crippen molar-refractivity contribution < 1.29 is 19.7 Å². The van der Waals surface area contributed by atoms with Crippen LogP contribution in [-0.2, 0) is 0 Å². The molecule has 0 unspecified atom stereocenters. The summed E-state index contributed by atoms with van der Waals surface area (Å²) in [6.07, 6.45) is 2.84. The maximum absolute atomic E-state index is 11.7. The molecule has 0 saturated heterocycles. The molecule has 10 nitrogen and oxygen atoms in total. The number of halogens is 2. The number of ether oxygens (including phenoxy) is 2. The Hall–Kier alpha value is -2.54. The van der Waals surface area contributed by atoms with Crippen LogP contribution in [0, 0.1) is 0 Å². The summed E-state index contributed by atoms with van der Waals surface area (Å²) in [5, 5.41) is 20.2. The smallest absolute Gasteiger partial charge is 0.359 e. The average Bonchev–Trinajstić information content (AvgIpc) is 2.62. The molecule has 0 fully saturated rings. The van der Waals surface area contributed by atoms with E-state index in [9.17, 15) is 15.0 Å². The Kier molecular flexibility index (Phi) is 5.93. The zero-order valence-corrected chi connectivity index (χ0v) is 17.1. The van der Waals surface area contributed by atoms with Gasteiger partial charge in [0.05, 0.1) is 10.0 Å². The molecule has 0 atom stereocenters. The molecule has 2 heterocycles. The fourth-order valence-electron chi connectivity index (χ4n) is 2.16. The number of anilines is 1. The van der Waals surface area contributed by atoms with Gasteiger partial charge in [0.2, 0.25) is 5.88 Å². The number of aromatic amines is 1. The first-order valence-corrected chi connectivity index (χ1v) is 9.22. The first kappa shape index (κ1) is 20.2. The highest BCUT2D eigenvalue weighted by Crippen LogP contribution is 2.33. The van der Waals surface area contributed by atoms with Gasteiger partial charge in [0.25, 0.3) is 0 Å². The Bertz CT molecular complexity index is 1030. The van der Waals surface area contributed by atoms with Crippen LogP contribution < -0.4 is 20.9 Å². The third-order valence-corrected chi connectivity index (χ3v) is 4.25. The van der Waals surface area contributed by atoms with Crippen molar-refractivity contribution in [3.05, 3.63) is 56.1 Å². The van der Waals surface area contributed by atoms with Crippen LogP contribution in [0.4, 0.5) is 5.82 Å². The first-order valence-electron chi connectivity index (χ1n) is 7.63. The van der Waals surface area contributed by atoms with Crippen molar-refractivity contribution in [2.75, 3.05) is 12.3 Å². The van der Waals surface area contributed by atoms with Gasteiger partial charge in [-0.1, -0.05) is 28.1 Å². The SMILES string of the molecule is Nc1[nH]c(=O)nc(OC(O)(O)COc2ncc(Br)cn2)c1-c1ccc(Br)cc1. The fourth-order valence-corrected chi connectivity index (χ4v) is 2.63. The van der Waals surface area contributed by atoms with Crippen molar-refractivity contribution in [3.63, 3.8) is 0 Å². The molecule has 2 aromatic heterocycles. The summed E-state index contributed by atoms with van der Waals surface area (Å²) in [5.41, 5.74) is 5.78. The Morgan fingerprint density at radius 3 is 2.39 bits per heavy atom. The van der Waals surface area contributed by atoms with Gasteiger partial charge in [0.1, 0.15) is 5.82 Å². The van der Waals surface area contributed by atoms with E-state index < -0.39 is 18.3 Å². The third-order valence-electron chi connectivity index (χ3n) is 3.31. The van der Waals surface area contributed by atoms with Gasteiger partial charge in [-0.25, -0.2) is 14.8 Å². The van der Waals surface area contributed by atoms with Gasteiger partial charge in [0, 0.05) is 16.9 Å². The van der Waals surface area contributed by atoms with Gasteiger partial charge in [0.15, 0.2) is 6.61 Å². The van der Waals surface area contributed by atoms with Gasteiger partial charge in [-0.2, -0.15) is 4.98 Å². The summed E-state index contributed by atoms with van der Waals surface area (Å²) in [6.45, 7) is -0.761. The fraction of sp³-hybridized carbons (Fsp3) is 0.125. The lowest BCUT2D eigenvalue weighted by Gasteiger charge is -2.23. The molecule has 146 valence electrons. The minimum Gasteiger partial charge on any atom is -0.453 e. The molecule has 5 N–H and O–H groups in total. The maximum atomic E-state index is 11.7. The van der Waals surface area contributed by atoms with E-state index in [0.29, 0.717) is 10.0 Å². The van der Waals surface area contributed by atoms with E-state index in [1.807, 2.05) is 0 Å². The summed E-state index contributed by atoms with van der Waals surface area (Å²) in [5.74, 6) is -3.27. The third kappa shape index (κ3) is 5.04. The van der Waals surface area contributed by atoms with Crippen molar-refractivity contribution in [2.24, 2.45) is 0 Å². The molecule has 0 saturated carbocycles. The predicted molar refractivity (Wildman–Crippen MR) is 105 cm³/mol. The molecule has 12 heteroatoms. The quantitative estimate of drug-likeness (QED) is 0.357. The van der Waals surface area contributed by atoms with Crippen molar-refractivity contribution in [1.82, 2.24) is 19.9 Å². The van der Waals surface area contributed by atoms with Gasteiger partial charge in [-0.15, -0.1) is 0 Å². The Morgan fingerprint density at radius 2 is 1.75 bits per heavy atom. The average molecular weight is 515 g/mol. The molecule has 28 heavy (non-hydrogen) atoms. The largest absolute Gasteiger partial charge is 0.453 e. The van der Waals surface area contributed by atoms with Crippen molar-refractivity contribution >= 4 is 37.7 Å². The van der Waals surface area contributed by atoms with Crippen molar-refractivity contribution in [2.45, 2.75) is 5.97 Å². The highest BCUT2D eigenvalue weighted by Gasteiger charge is 2.31. The number of nitrogens with zero attached hydrogens (tertiary/aromatic N) is 3. The molecule has 0 aliphatic carbocycles. The Labute approximate surface area is 174 Å². The standard InChI is InChI=1S/C16H13Br2N5O5/c17-9-3-1-8(2-4-9)11-12(19)22-14(24)23-13(11)28-16(25,26)7-27-15-20-5-10(18)6-21-15/h1-6,25-26H,7H2,(H3,19,22,23,24). The normalized spacial score (nSPS) is 11.3. The second-order valence-corrected chi connectivity index (χ2v) is 7.29. The van der Waals surface area contributed by atoms with Crippen LogP contribution in [0.5, 0.6) is 11.9 Å². The minimum atomic E-state index is -2.84. The highest BCUT2D eigenvalue weighted by molar-refractivity contribution is 9.10. The summed E-state index contributed by atoms with van der Waals surface area (Å²) in [7, 11) is 0. The number of aromatic nitrogens is 4. The molecule has 0 amide bonds. The lowest BCUT2D eigenvalue weighted by Crippen LogP contribution is -2.43. The second-order valence-electron chi connectivity index (χ2n) is 5.46. The van der Waals surface area contributed by atoms with Crippen LogP contribution in [0.1, 0.15) is 0 Å². The Balaban J connectivity index is 1.86. The van der Waals surface area contributed by atoms with E-state index in [1.54, 1.807) is 24.3 Å². The molecular weight excluding hydrogens is 502 g/mol. The molecule has 0 radical (unpaired) electrons. The minimum absolute atomic E-state index is 0.0507. The lowest BCUT2D eigenvalue weighted by molar-refractivity contribution is -0.305. The lowest BCUT2D eigenvalue weighted by atomic mass is 10.1. The Morgan fingerprint density at radius 1 is 1.11 bits per heavy atom. The van der Waals surface area contributed by atoms with Crippen LogP contribution in [0.2, 0.25) is 0 Å². The van der Waals surface area contributed by atoms with E-state index in [0.717, 1.165) is 4.47 Å². The van der Waals surface area contributed by atoms with E-state index >= 15 is 0 Å². The van der Waals surface area contributed by atoms with Crippen LogP contribution >= 0.6 is 31.9 Å². The topological polar surface area (TPSA) is 156 Å². The number of hydrogen-bond acceptors (Lipinski definition) is 9. The molecule has 0 spiro atoms. The van der Waals surface area contributed by atoms with Crippen LogP contribution in [-0.4, -0.2) is 42.7 Å².